The molecule has 0 saturated heterocycles. The van der Waals surface area contributed by atoms with Gasteiger partial charge in [-0.1, -0.05) is 49.4 Å². The van der Waals surface area contributed by atoms with Crippen LogP contribution < -0.4 is 10.3 Å². The molecule has 1 heterocycles. The number of nitrogens with zero attached hydrogens (tertiary/aromatic N) is 1. The van der Waals surface area contributed by atoms with Gasteiger partial charge in [0.25, 0.3) is 5.56 Å². The van der Waals surface area contributed by atoms with Crippen LogP contribution >= 0.6 is 0 Å². The quantitative estimate of drug-likeness (QED) is 0.669. The van der Waals surface area contributed by atoms with Gasteiger partial charge in [-0.3, -0.25) is 4.79 Å². The first kappa shape index (κ1) is 16.1. The minimum Gasteiger partial charge on any atom is -0.489 e. The number of aromatic nitrogens is 1. The van der Waals surface area contributed by atoms with Crippen molar-refractivity contribution in [1.82, 2.24) is 4.57 Å². The Morgan fingerprint density at radius 1 is 1.00 bits per heavy atom. The Morgan fingerprint density at radius 2 is 1.83 bits per heavy atom. The van der Waals surface area contributed by atoms with Gasteiger partial charge in [0.1, 0.15) is 12.4 Å². The Kier molecular flexibility index (Phi) is 5.12. The fraction of sp³-hybridized carbons (Fsp3) is 0.190. The van der Waals surface area contributed by atoms with Crippen molar-refractivity contribution in [2.24, 2.45) is 0 Å². The molecule has 0 fully saturated rings. The molecule has 0 radical (unpaired) electrons. The van der Waals surface area contributed by atoms with Gasteiger partial charge >= 0.3 is 0 Å². The highest BCUT2D eigenvalue weighted by Gasteiger charge is 2.06. The minimum atomic E-state index is 0.0413. The van der Waals surface area contributed by atoms with E-state index in [0.717, 1.165) is 29.7 Å². The molecule has 24 heavy (non-hydrogen) atoms. The minimum absolute atomic E-state index is 0.0413. The van der Waals surface area contributed by atoms with Gasteiger partial charge in [-0.2, -0.15) is 0 Å². The zero-order valence-corrected chi connectivity index (χ0v) is 13.8. The van der Waals surface area contributed by atoms with Crippen molar-refractivity contribution in [2.75, 3.05) is 6.61 Å². The Bertz CT molecular complexity index is 895. The number of rotatable bonds is 6. The van der Waals surface area contributed by atoms with Crippen molar-refractivity contribution in [2.45, 2.75) is 19.9 Å². The van der Waals surface area contributed by atoms with E-state index in [2.05, 4.69) is 6.92 Å². The van der Waals surface area contributed by atoms with Gasteiger partial charge in [0.05, 0.1) is 5.39 Å². The zero-order valence-electron chi connectivity index (χ0n) is 13.8. The van der Waals surface area contributed by atoms with Gasteiger partial charge in [0, 0.05) is 18.1 Å². The Labute approximate surface area is 141 Å². The molecule has 0 unspecified atom stereocenters. The summed E-state index contributed by atoms with van der Waals surface area (Å²) in [6.07, 6.45) is 6.79. The number of ether oxygens (including phenoxy) is 1. The van der Waals surface area contributed by atoms with Crippen LogP contribution in [0.3, 0.4) is 0 Å². The van der Waals surface area contributed by atoms with Crippen LogP contribution in [0.2, 0.25) is 0 Å². The summed E-state index contributed by atoms with van der Waals surface area (Å²) in [4.78, 5) is 12.5. The summed E-state index contributed by atoms with van der Waals surface area (Å²) in [5.41, 5.74) is 1.18. The van der Waals surface area contributed by atoms with Gasteiger partial charge in [0.15, 0.2) is 0 Å². The second-order valence-corrected chi connectivity index (χ2v) is 5.66. The van der Waals surface area contributed by atoms with Gasteiger partial charge < -0.3 is 9.30 Å². The predicted molar refractivity (Wildman–Crippen MR) is 99.5 cm³/mol. The van der Waals surface area contributed by atoms with Crippen LogP contribution in [0.25, 0.3) is 16.8 Å². The highest BCUT2D eigenvalue weighted by atomic mass is 16.5. The zero-order chi connectivity index (χ0) is 16.8. The Hall–Kier alpha value is -2.81. The summed E-state index contributed by atoms with van der Waals surface area (Å²) >= 11 is 0. The average Bonchev–Trinajstić information content (AvgIpc) is 2.62. The first-order valence-electron chi connectivity index (χ1n) is 8.26. The summed E-state index contributed by atoms with van der Waals surface area (Å²) in [7, 11) is 0. The second-order valence-electron chi connectivity index (χ2n) is 5.66. The number of pyridine rings is 1. The largest absolute Gasteiger partial charge is 0.489 e. The van der Waals surface area contributed by atoms with Gasteiger partial charge in [-0.25, -0.2) is 0 Å². The fourth-order valence-corrected chi connectivity index (χ4v) is 2.72. The number of benzene rings is 2. The fourth-order valence-electron chi connectivity index (χ4n) is 2.72. The van der Waals surface area contributed by atoms with Crippen molar-refractivity contribution in [3.8, 4) is 5.75 Å². The van der Waals surface area contributed by atoms with E-state index in [1.54, 1.807) is 4.57 Å². The highest BCUT2D eigenvalue weighted by Crippen LogP contribution is 2.23. The molecule has 0 bridgehead atoms. The van der Waals surface area contributed by atoms with Crippen molar-refractivity contribution in [3.63, 3.8) is 0 Å². The molecule has 2 aromatic carbocycles. The average molecular weight is 319 g/mol. The normalized spacial score (nSPS) is 11.2. The molecule has 3 rings (SSSR count). The molecule has 0 amide bonds. The second kappa shape index (κ2) is 7.64. The third kappa shape index (κ3) is 3.57. The molecule has 0 spiro atoms. The molecule has 122 valence electrons. The maximum atomic E-state index is 12.5. The smallest absolute Gasteiger partial charge is 0.258 e. The summed E-state index contributed by atoms with van der Waals surface area (Å²) in [6.45, 7) is 3.26. The van der Waals surface area contributed by atoms with Crippen LogP contribution in [0.1, 0.15) is 18.9 Å². The van der Waals surface area contributed by atoms with E-state index in [0.29, 0.717) is 12.0 Å². The van der Waals surface area contributed by atoms with Crippen LogP contribution in [0.15, 0.2) is 71.7 Å². The van der Waals surface area contributed by atoms with Crippen LogP contribution in [0.4, 0.5) is 0 Å². The molecule has 0 aliphatic carbocycles. The number of hydrogen-bond acceptors (Lipinski definition) is 2. The monoisotopic (exact) mass is 319 g/mol. The van der Waals surface area contributed by atoms with Crippen molar-refractivity contribution in [1.29, 1.82) is 0 Å². The molecule has 3 nitrogen and oxygen atoms in total. The van der Waals surface area contributed by atoms with Gasteiger partial charge in [0.2, 0.25) is 0 Å². The van der Waals surface area contributed by atoms with Crippen molar-refractivity contribution >= 4 is 16.8 Å². The Balaban J connectivity index is 1.79. The maximum absolute atomic E-state index is 12.5. The van der Waals surface area contributed by atoms with E-state index < -0.39 is 0 Å². The standard InChI is InChI=1S/C21H21NO2/c1-2-14-22-15-13-18-19(21(22)23)11-6-12-20(18)24-16-7-10-17-8-4-3-5-9-17/h3-13,15H,2,14,16H2,1H3/b10-7+. The summed E-state index contributed by atoms with van der Waals surface area (Å²) in [6, 6.07) is 17.7. The molecule has 0 atom stereocenters. The number of aryl methyl sites for hydroxylation is 1. The SMILES string of the molecule is CCCn1ccc2c(OC/C=C/c3ccccc3)cccc2c1=O. The molecule has 0 saturated carbocycles. The number of hydrogen-bond donors (Lipinski definition) is 0. The lowest BCUT2D eigenvalue weighted by Crippen LogP contribution is -2.19. The first-order chi connectivity index (χ1) is 11.8. The van der Waals surface area contributed by atoms with E-state index in [4.69, 9.17) is 4.74 Å². The Morgan fingerprint density at radius 3 is 2.62 bits per heavy atom. The predicted octanol–water partition coefficient (Wildman–Crippen LogP) is 4.50. The third-order valence-electron chi connectivity index (χ3n) is 3.89. The maximum Gasteiger partial charge on any atom is 0.258 e. The van der Waals surface area contributed by atoms with E-state index in [1.807, 2.05) is 72.9 Å². The van der Waals surface area contributed by atoms with Crippen LogP contribution in [0, 0.1) is 0 Å². The lowest BCUT2D eigenvalue weighted by atomic mass is 10.1. The highest BCUT2D eigenvalue weighted by molar-refractivity contribution is 5.87. The summed E-state index contributed by atoms with van der Waals surface area (Å²) in [5, 5.41) is 1.57. The molecular formula is C21H21NO2. The summed E-state index contributed by atoms with van der Waals surface area (Å²) < 4.78 is 7.61. The molecule has 0 aliphatic rings. The topological polar surface area (TPSA) is 31.2 Å². The molecular weight excluding hydrogens is 298 g/mol. The molecule has 0 aliphatic heterocycles. The van der Waals surface area contributed by atoms with E-state index in [9.17, 15) is 4.79 Å². The molecule has 1 aromatic heterocycles. The van der Waals surface area contributed by atoms with E-state index >= 15 is 0 Å². The lowest BCUT2D eigenvalue weighted by Gasteiger charge is -2.10. The van der Waals surface area contributed by atoms with Crippen molar-refractivity contribution in [3.05, 3.63) is 82.8 Å². The van der Waals surface area contributed by atoms with Crippen LogP contribution in [0.5, 0.6) is 5.75 Å². The van der Waals surface area contributed by atoms with E-state index in [-0.39, 0.29) is 5.56 Å². The first-order valence-corrected chi connectivity index (χ1v) is 8.26. The van der Waals surface area contributed by atoms with E-state index in [1.165, 1.54) is 0 Å². The lowest BCUT2D eigenvalue weighted by molar-refractivity contribution is 0.368. The van der Waals surface area contributed by atoms with Crippen LogP contribution in [-0.2, 0) is 6.54 Å². The molecule has 0 N–H and O–H groups in total. The summed E-state index contributed by atoms with van der Waals surface area (Å²) in [5.74, 6) is 0.742. The van der Waals surface area contributed by atoms with Crippen LogP contribution in [-0.4, -0.2) is 11.2 Å². The van der Waals surface area contributed by atoms with Crippen molar-refractivity contribution < 1.29 is 4.74 Å². The molecule has 3 heteroatoms. The van der Waals surface area contributed by atoms with Gasteiger partial charge in [-0.15, -0.1) is 0 Å². The number of fused-ring (bicyclic) bond motifs is 1. The van der Waals surface area contributed by atoms with Gasteiger partial charge in [-0.05, 0) is 36.3 Å². The third-order valence-corrected chi connectivity index (χ3v) is 3.89. The molecule has 3 aromatic rings.